The van der Waals surface area contributed by atoms with Crippen molar-refractivity contribution in [3.05, 3.63) is 30.3 Å². The number of rotatable bonds is 3. The molecule has 0 saturated carbocycles. The van der Waals surface area contributed by atoms with Crippen LogP contribution in [0.4, 0.5) is 0 Å². The molecule has 1 N–H and O–H groups in total. The van der Waals surface area contributed by atoms with Crippen molar-refractivity contribution >= 4 is 15.9 Å². The van der Waals surface area contributed by atoms with E-state index in [1.54, 1.807) is 28.6 Å². The molecule has 3 rings (SSSR count). The van der Waals surface area contributed by atoms with Crippen LogP contribution in [0, 0.1) is 0 Å². The third-order valence-corrected chi connectivity index (χ3v) is 6.65. The van der Waals surface area contributed by atoms with E-state index in [2.05, 4.69) is 5.32 Å². The van der Waals surface area contributed by atoms with Crippen LogP contribution in [0.25, 0.3) is 0 Å². The Morgan fingerprint density at radius 2 is 1.73 bits per heavy atom. The van der Waals surface area contributed by atoms with E-state index in [0.29, 0.717) is 17.7 Å². The largest absolute Gasteiger partial charge is 0.353 e. The van der Waals surface area contributed by atoms with Crippen molar-refractivity contribution < 1.29 is 13.2 Å². The summed E-state index contributed by atoms with van der Waals surface area (Å²) in [4.78, 5) is 11.7. The molecule has 2 atom stereocenters. The minimum Gasteiger partial charge on any atom is -0.353 e. The topological polar surface area (TPSA) is 66.5 Å². The lowest BCUT2D eigenvalue weighted by Crippen LogP contribution is -2.58. The van der Waals surface area contributed by atoms with Gasteiger partial charge in [0.1, 0.15) is 0 Å². The minimum atomic E-state index is -3.45. The second kappa shape index (κ2) is 6.01. The number of nitrogens with zero attached hydrogens (tertiary/aromatic N) is 1. The molecule has 2 aliphatic rings. The SMILES string of the molecule is CC(=O)NC1C[C@@H]2CCC[C@@H](C1)N2S(=O)(=O)c1ccccc1. The van der Waals surface area contributed by atoms with Crippen molar-refractivity contribution in [1.29, 1.82) is 0 Å². The summed E-state index contributed by atoms with van der Waals surface area (Å²) in [6, 6.07) is 8.73. The fourth-order valence-electron chi connectivity index (χ4n) is 3.85. The number of carbonyl (C=O) groups is 1. The number of amides is 1. The number of nitrogens with one attached hydrogen (secondary N) is 1. The molecule has 1 aromatic rings. The van der Waals surface area contributed by atoms with E-state index in [0.717, 1.165) is 19.3 Å². The molecule has 5 nitrogen and oxygen atoms in total. The van der Waals surface area contributed by atoms with Crippen LogP contribution in [0.3, 0.4) is 0 Å². The summed E-state index contributed by atoms with van der Waals surface area (Å²) in [5, 5.41) is 2.96. The number of hydrogen-bond acceptors (Lipinski definition) is 3. The second-order valence-electron chi connectivity index (χ2n) is 6.26. The van der Waals surface area contributed by atoms with Crippen LogP contribution in [0.15, 0.2) is 35.2 Å². The first-order valence-electron chi connectivity index (χ1n) is 7.84. The van der Waals surface area contributed by atoms with E-state index in [4.69, 9.17) is 0 Å². The Morgan fingerprint density at radius 3 is 2.27 bits per heavy atom. The van der Waals surface area contributed by atoms with Crippen LogP contribution in [0.1, 0.15) is 39.0 Å². The molecule has 1 aromatic carbocycles. The molecule has 120 valence electrons. The lowest BCUT2D eigenvalue weighted by atomic mass is 9.84. The molecule has 0 aliphatic carbocycles. The molecular formula is C16H22N2O3S. The Morgan fingerprint density at radius 1 is 1.14 bits per heavy atom. The van der Waals surface area contributed by atoms with Gasteiger partial charge in [-0.2, -0.15) is 4.31 Å². The van der Waals surface area contributed by atoms with Crippen LogP contribution in [0.5, 0.6) is 0 Å². The van der Waals surface area contributed by atoms with Gasteiger partial charge in [-0.05, 0) is 37.8 Å². The van der Waals surface area contributed by atoms with Crippen molar-refractivity contribution in [2.24, 2.45) is 0 Å². The second-order valence-corrected chi connectivity index (χ2v) is 8.10. The number of carbonyl (C=O) groups excluding carboxylic acids is 1. The summed E-state index contributed by atoms with van der Waals surface area (Å²) < 4.78 is 27.6. The van der Waals surface area contributed by atoms with Gasteiger partial charge in [-0.15, -0.1) is 0 Å². The van der Waals surface area contributed by atoms with Crippen LogP contribution in [-0.4, -0.2) is 36.8 Å². The molecule has 2 fully saturated rings. The van der Waals surface area contributed by atoms with E-state index >= 15 is 0 Å². The van der Waals surface area contributed by atoms with Gasteiger partial charge in [0.25, 0.3) is 0 Å². The summed E-state index contributed by atoms with van der Waals surface area (Å²) in [6.07, 6.45) is 4.23. The number of benzene rings is 1. The first-order chi connectivity index (χ1) is 10.5. The van der Waals surface area contributed by atoms with Gasteiger partial charge < -0.3 is 5.32 Å². The Kier molecular flexibility index (Phi) is 4.23. The van der Waals surface area contributed by atoms with Crippen LogP contribution in [-0.2, 0) is 14.8 Å². The molecule has 2 aliphatic heterocycles. The number of fused-ring (bicyclic) bond motifs is 2. The molecule has 0 aromatic heterocycles. The summed E-state index contributed by atoms with van der Waals surface area (Å²) in [7, 11) is -3.45. The monoisotopic (exact) mass is 322 g/mol. The Labute approximate surface area is 131 Å². The highest BCUT2D eigenvalue weighted by atomic mass is 32.2. The van der Waals surface area contributed by atoms with Crippen LogP contribution in [0.2, 0.25) is 0 Å². The first-order valence-corrected chi connectivity index (χ1v) is 9.28. The maximum absolute atomic E-state index is 13.0. The highest BCUT2D eigenvalue weighted by molar-refractivity contribution is 7.89. The first kappa shape index (κ1) is 15.5. The molecule has 2 bridgehead atoms. The standard InChI is InChI=1S/C16H22N2O3S/c1-12(19)17-13-10-14-6-5-7-15(11-13)18(14)22(20,21)16-8-3-2-4-9-16/h2-4,8-9,13-15H,5-7,10-11H2,1H3,(H,17,19)/t14-,15-/m0/s1. The highest BCUT2D eigenvalue weighted by Gasteiger charge is 2.45. The molecule has 2 saturated heterocycles. The van der Waals surface area contributed by atoms with Gasteiger partial charge in [0, 0.05) is 25.0 Å². The van der Waals surface area contributed by atoms with E-state index in [-0.39, 0.29) is 24.0 Å². The van der Waals surface area contributed by atoms with Crippen molar-refractivity contribution in [2.45, 2.75) is 62.0 Å². The molecular weight excluding hydrogens is 300 g/mol. The molecule has 0 unspecified atom stereocenters. The van der Waals surface area contributed by atoms with Gasteiger partial charge in [-0.3, -0.25) is 4.79 Å². The summed E-state index contributed by atoms with van der Waals surface area (Å²) in [5.74, 6) is -0.0394. The Balaban J connectivity index is 1.87. The molecule has 0 spiro atoms. The van der Waals surface area contributed by atoms with Crippen molar-refractivity contribution in [1.82, 2.24) is 9.62 Å². The Hall–Kier alpha value is -1.40. The lowest BCUT2D eigenvalue weighted by Gasteiger charge is -2.47. The smallest absolute Gasteiger partial charge is 0.243 e. The Bertz CT molecular complexity index is 631. The van der Waals surface area contributed by atoms with Gasteiger partial charge in [0.05, 0.1) is 4.90 Å². The molecule has 6 heteroatoms. The lowest BCUT2D eigenvalue weighted by molar-refractivity contribution is -0.120. The van der Waals surface area contributed by atoms with Crippen molar-refractivity contribution in [3.8, 4) is 0 Å². The zero-order valence-electron chi connectivity index (χ0n) is 12.7. The minimum absolute atomic E-state index is 0.00504. The fraction of sp³-hybridized carbons (Fsp3) is 0.562. The molecule has 22 heavy (non-hydrogen) atoms. The predicted molar refractivity (Wildman–Crippen MR) is 83.7 cm³/mol. The summed E-state index contributed by atoms with van der Waals surface area (Å²) >= 11 is 0. The van der Waals surface area contributed by atoms with E-state index in [1.807, 2.05) is 6.07 Å². The molecule has 1 amide bonds. The van der Waals surface area contributed by atoms with Crippen LogP contribution < -0.4 is 5.32 Å². The summed E-state index contributed by atoms with van der Waals surface area (Å²) in [6.45, 7) is 1.52. The predicted octanol–water partition coefficient (Wildman–Crippen LogP) is 1.90. The molecule has 2 heterocycles. The van der Waals surface area contributed by atoms with Crippen LogP contribution >= 0.6 is 0 Å². The van der Waals surface area contributed by atoms with Gasteiger partial charge in [-0.1, -0.05) is 24.6 Å². The maximum Gasteiger partial charge on any atom is 0.243 e. The average Bonchev–Trinajstić information content (AvgIpc) is 2.46. The molecule has 0 radical (unpaired) electrons. The normalized spacial score (nSPS) is 29.0. The van der Waals surface area contributed by atoms with Gasteiger partial charge in [-0.25, -0.2) is 8.42 Å². The number of hydrogen-bond donors (Lipinski definition) is 1. The third-order valence-electron chi connectivity index (χ3n) is 4.63. The zero-order valence-corrected chi connectivity index (χ0v) is 13.6. The van der Waals surface area contributed by atoms with E-state index in [1.165, 1.54) is 6.92 Å². The quantitative estimate of drug-likeness (QED) is 0.924. The number of sulfonamides is 1. The average molecular weight is 322 g/mol. The van der Waals surface area contributed by atoms with Crippen molar-refractivity contribution in [2.75, 3.05) is 0 Å². The number of piperidine rings is 2. The van der Waals surface area contributed by atoms with Gasteiger partial charge >= 0.3 is 0 Å². The van der Waals surface area contributed by atoms with E-state index < -0.39 is 10.0 Å². The van der Waals surface area contributed by atoms with E-state index in [9.17, 15) is 13.2 Å². The highest BCUT2D eigenvalue weighted by Crippen LogP contribution is 2.38. The summed E-state index contributed by atoms with van der Waals surface area (Å²) in [5.41, 5.74) is 0. The third kappa shape index (κ3) is 2.90. The van der Waals surface area contributed by atoms with Gasteiger partial charge in [0.15, 0.2) is 0 Å². The zero-order chi connectivity index (χ0) is 15.7. The fourth-order valence-corrected chi connectivity index (χ4v) is 5.76. The van der Waals surface area contributed by atoms with Crippen molar-refractivity contribution in [3.63, 3.8) is 0 Å². The maximum atomic E-state index is 13.0. The van der Waals surface area contributed by atoms with Gasteiger partial charge in [0.2, 0.25) is 15.9 Å².